The predicted octanol–water partition coefficient (Wildman–Crippen LogP) is 3.83. The van der Waals surface area contributed by atoms with Crippen molar-refractivity contribution < 1.29 is 24.5 Å². The average Bonchev–Trinajstić information content (AvgIpc) is 3.56. The Kier molecular flexibility index (Phi) is 5.33. The monoisotopic (exact) mass is 426 g/mol. The lowest BCUT2D eigenvalue weighted by Gasteiger charge is -2.50. The Morgan fingerprint density at radius 2 is 1.94 bits per heavy atom. The third-order valence-corrected chi connectivity index (χ3v) is 6.45. The second kappa shape index (κ2) is 7.71. The van der Waals surface area contributed by atoms with Gasteiger partial charge in [0.15, 0.2) is 5.60 Å². The number of hydrogen-bond acceptors (Lipinski definition) is 4. The van der Waals surface area contributed by atoms with E-state index in [0.29, 0.717) is 6.54 Å². The maximum atomic E-state index is 14.0. The van der Waals surface area contributed by atoms with Crippen molar-refractivity contribution >= 4 is 22.8 Å². The van der Waals surface area contributed by atoms with Crippen LogP contribution < -0.4 is 0 Å². The molecule has 0 aromatic heterocycles. The van der Waals surface area contributed by atoms with Gasteiger partial charge < -0.3 is 24.7 Å². The lowest BCUT2D eigenvalue weighted by atomic mass is 9.74. The minimum atomic E-state index is -1.26. The molecule has 7 heteroatoms. The number of fused-ring (bicyclic) bond motifs is 1. The molecule has 0 spiro atoms. The number of phenols is 1. The molecule has 2 aromatic carbocycles. The van der Waals surface area contributed by atoms with Crippen molar-refractivity contribution in [1.82, 2.24) is 9.80 Å². The number of carbonyl (C=O) groups excluding carboxylic acids is 1. The van der Waals surface area contributed by atoms with Gasteiger partial charge in [-0.25, -0.2) is 4.79 Å². The fourth-order valence-electron chi connectivity index (χ4n) is 4.41. The molecule has 4 rings (SSSR count). The summed E-state index contributed by atoms with van der Waals surface area (Å²) in [7, 11) is 0. The second-order valence-corrected chi connectivity index (χ2v) is 9.63. The molecule has 1 saturated carbocycles. The SMILES string of the molecule is CC(C)(C)[C@]1(C(=O)N(Cc2cc(O)c3ccccc3c2)C2CC2)CN(C(=O)O)CCO1. The predicted molar refractivity (Wildman–Crippen MR) is 117 cm³/mol. The van der Waals surface area contributed by atoms with E-state index in [-0.39, 0.29) is 37.4 Å². The number of aromatic hydroxyl groups is 1. The summed E-state index contributed by atoms with van der Waals surface area (Å²) < 4.78 is 6.12. The van der Waals surface area contributed by atoms with Gasteiger partial charge in [-0.15, -0.1) is 0 Å². The molecule has 1 heterocycles. The normalized spacial score (nSPS) is 21.8. The highest BCUT2D eigenvalue weighted by Gasteiger charge is 2.56. The van der Waals surface area contributed by atoms with Crippen LogP contribution in [0, 0.1) is 5.41 Å². The first kappa shape index (κ1) is 21.4. The van der Waals surface area contributed by atoms with Gasteiger partial charge in [-0.1, -0.05) is 45.0 Å². The Morgan fingerprint density at radius 1 is 1.23 bits per heavy atom. The molecule has 7 nitrogen and oxygen atoms in total. The summed E-state index contributed by atoms with van der Waals surface area (Å²) >= 11 is 0. The molecule has 166 valence electrons. The van der Waals surface area contributed by atoms with Crippen LogP contribution >= 0.6 is 0 Å². The number of benzene rings is 2. The van der Waals surface area contributed by atoms with Crippen LogP contribution in [0.25, 0.3) is 10.8 Å². The summed E-state index contributed by atoms with van der Waals surface area (Å²) in [5, 5.41) is 21.7. The number of morpholine rings is 1. The number of hydrogen-bond donors (Lipinski definition) is 2. The average molecular weight is 427 g/mol. The largest absolute Gasteiger partial charge is 0.507 e. The van der Waals surface area contributed by atoms with E-state index in [4.69, 9.17) is 4.74 Å². The Hall–Kier alpha value is -2.80. The van der Waals surface area contributed by atoms with Crippen LogP contribution in [0.3, 0.4) is 0 Å². The summed E-state index contributed by atoms with van der Waals surface area (Å²) in [5.74, 6) is 0.00824. The third kappa shape index (κ3) is 3.94. The molecular weight excluding hydrogens is 396 g/mol. The van der Waals surface area contributed by atoms with Gasteiger partial charge in [-0.3, -0.25) is 4.79 Å². The number of carbonyl (C=O) groups is 2. The molecule has 0 radical (unpaired) electrons. The molecule has 2 aromatic rings. The van der Waals surface area contributed by atoms with Crippen molar-refractivity contribution in [3.63, 3.8) is 0 Å². The fourth-order valence-corrected chi connectivity index (χ4v) is 4.41. The molecule has 2 fully saturated rings. The molecule has 0 unspecified atom stereocenters. The van der Waals surface area contributed by atoms with Gasteiger partial charge in [0.1, 0.15) is 5.75 Å². The topological polar surface area (TPSA) is 90.3 Å². The van der Waals surface area contributed by atoms with E-state index in [0.717, 1.165) is 29.2 Å². The van der Waals surface area contributed by atoms with Gasteiger partial charge in [0.25, 0.3) is 5.91 Å². The molecular formula is C24H30N2O5. The van der Waals surface area contributed by atoms with E-state index >= 15 is 0 Å². The second-order valence-electron chi connectivity index (χ2n) is 9.63. The molecule has 2 amide bonds. The number of carboxylic acid groups (broad SMARTS) is 1. The molecule has 2 N–H and O–H groups in total. The Labute approximate surface area is 182 Å². The summed E-state index contributed by atoms with van der Waals surface area (Å²) in [4.78, 5) is 28.8. The molecule has 1 saturated heterocycles. The highest BCUT2D eigenvalue weighted by atomic mass is 16.5. The van der Waals surface area contributed by atoms with Crippen LogP contribution in [0.4, 0.5) is 4.79 Å². The summed E-state index contributed by atoms with van der Waals surface area (Å²) in [6, 6.07) is 11.4. The summed E-state index contributed by atoms with van der Waals surface area (Å²) in [6.45, 7) is 6.55. The maximum absolute atomic E-state index is 14.0. The lowest BCUT2D eigenvalue weighted by molar-refractivity contribution is -0.192. The van der Waals surface area contributed by atoms with Crippen molar-refractivity contribution in [3.8, 4) is 5.75 Å². The number of amides is 2. The van der Waals surface area contributed by atoms with Crippen molar-refractivity contribution in [3.05, 3.63) is 42.0 Å². The first-order valence-corrected chi connectivity index (χ1v) is 10.8. The van der Waals surface area contributed by atoms with Crippen molar-refractivity contribution in [2.24, 2.45) is 5.41 Å². The minimum absolute atomic E-state index is 0.0108. The molecule has 1 aliphatic heterocycles. The van der Waals surface area contributed by atoms with Crippen molar-refractivity contribution in [2.75, 3.05) is 19.7 Å². The van der Waals surface area contributed by atoms with Crippen LogP contribution in [-0.2, 0) is 16.1 Å². The zero-order valence-corrected chi connectivity index (χ0v) is 18.3. The Balaban J connectivity index is 1.69. The lowest BCUT2D eigenvalue weighted by Crippen LogP contribution is -2.67. The standard InChI is InChI=1S/C24H30N2O5/c1-23(2,3)24(15-25(22(29)30)10-11-31-24)21(28)26(18-8-9-18)14-16-12-17-6-4-5-7-19(17)20(27)13-16/h4-7,12-13,18,27H,8-11,14-15H2,1-3H3,(H,29,30)/t24-/m1/s1. The Bertz CT molecular complexity index is 1010. The van der Waals surface area contributed by atoms with Gasteiger partial charge in [0, 0.05) is 29.9 Å². The first-order chi connectivity index (χ1) is 14.6. The van der Waals surface area contributed by atoms with Crippen LogP contribution in [-0.4, -0.2) is 63.4 Å². The zero-order valence-electron chi connectivity index (χ0n) is 18.3. The van der Waals surface area contributed by atoms with Gasteiger partial charge in [0.2, 0.25) is 0 Å². The van der Waals surface area contributed by atoms with Gasteiger partial charge in [-0.2, -0.15) is 0 Å². The first-order valence-electron chi connectivity index (χ1n) is 10.8. The van der Waals surface area contributed by atoms with Gasteiger partial charge in [-0.05, 0) is 35.9 Å². The summed E-state index contributed by atoms with van der Waals surface area (Å²) in [5.41, 5.74) is -1.02. The van der Waals surface area contributed by atoms with Crippen LogP contribution in [0.2, 0.25) is 0 Å². The third-order valence-electron chi connectivity index (χ3n) is 6.45. The van der Waals surface area contributed by atoms with E-state index < -0.39 is 17.1 Å². The fraction of sp³-hybridized carbons (Fsp3) is 0.500. The van der Waals surface area contributed by atoms with Crippen LogP contribution in [0.5, 0.6) is 5.75 Å². The van der Waals surface area contributed by atoms with E-state index in [2.05, 4.69) is 0 Å². The van der Waals surface area contributed by atoms with Gasteiger partial charge in [0.05, 0.1) is 13.2 Å². The number of nitrogens with zero attached hydrogens (tertiary/aromatic N) is 2. The molecule has 2 aliphatic rings. The highest BCUT2D eigenvalue weighted by molar-refractivity contribution is 5.90. The van der Waals surface area contributed by atoms with Gasteiger partial charge >= 0.3 is 6.09 Å². The number of ether oxygens (including phenoxy) is 1. The van der Waals surface area contributed by atoms with Crippen molar-refractivity contribution in [2.45, 2.75) is 51.8 Å². The highest BCUT2D eigenvalue weighted by Crippen LogP contribution is 2.41. The van der Waals surface area contributed by atoms with Crippen LogP contribution in [0.15, 0.2) is 36.4 Å². The molecule has 1 atom stereocenters. The number of rotatable bonds is 4. The van der Waals surface area contributed by atoms with Crippen LogP contribution in [0.1, 0.15) is 39.2 Å². The smallest absolute Gasteiger partial charge is 0.407 e. The van der Waals surface area contributed by atoms with E-state index in [9.17, 15) is 19.8 Å². The van der Waals surface area contributed by atoms with E-state index in [1.807, 2.05) is 56.0 Å². The van der Waals surface area contributed by atoms with E-state index in [1.54, 1.807) is 6.07 Å². The molecule has 0 bridgehead atoms. The number of phenolic OH excluding ortho intramolecular Hbond substituents is 1. The quantitative estimate of drug-likeness (QED) is 0.775. The molecule has 31 heavy (non-hydrogen) atoms. The summed E-state index contributed by atoms with van der Waals surface area (Å²) in [6.07, 6.45) is 0.782. The molecule has 1 aliphatic carbocycles. The Morgan fingerprint density at radius 3 is 2.58 bits per heavy atom. The minimum Gasteiger partial charge on any atom is -0.507 e. The van der Waals surface area contributed by atoms with Crippen molar-refractivity contribution in [1.29, 1.82) is 0 Å². The van der Waals surface area contributed by atoms with E-state index in [1.165, 1.54) is 4.90 Å². The zero-order chi connectivity index (χ0) is 22.4. The maximum Gasteiger partial charge on any atom is 0.407 e.